The van der Waals surface area contributed by atoms with Crippen LogP contribution in [0.4, 0.5) is 20.2 Å². The molecule has 8 aromatic rings. The summed E-state index contributed by atoms with van der Waals surface area (Å²) in [5, 5.41) is 22.5. The van der Waals surface area contributed by atoms with Crippen molar-refractivity contribution in [2.45, 2.75) is 39.9 Å². The fourth-order valence-electron chi connectivity index (χ4n) is 8.59. The summed E-state index contributed by atoms with van der Waals surface area (Å²) in [6.07, 6.45) is 6.88. The second kappa shape index (κ2) is 32.1. The number of fused-ring (bicyclic) bond motifs is 2. The van der Waals surface area contributed by atoms with E-state index in [9.17, 15) is 18.4 Å². The van der Waals surface area contributed by atoms with Gasteiger partial charge in [-0.15, -0.1) is 11.6 Å². The second-order valence-corrected chi connectivity index (χ2v) is 17.8. The summed E-state index contributed by atoms with van der Waals surface area (Å²) >= 11 is 17.5. The van der Waals surface area contributed by atoms with E-state index in [1.54, 1.807) is 51.4 Å². The molecular formula is C52H55Cl3F2K2N12O7. The number of alkyl halides is 1. The first-order chi connectivity index (χ1) is 36.3. The number of methoxy groups -OCH3 is 2. The summed E-state index contributed by atoms with van der Waals surface area (Å²) in [7, 11) is 2.98. The van der Waals surface area contributed by atoms with Crippen molar-refractivity contribution in [2.24, 2.45) is 0 Å². The molecule has 19 nitrogen and oxygen atoms in total. The molecule has 2 aromatic carbocycles. The molecule has 2 aliphatic rings. The Balaban J connectivity index is 0.000000318. The van der Waals surface area contributed by atoms with Crippen molar-refractivity contribution < 1.29 is 147 Å². The molecule has 0 unspecified atom stereocenters. The molecule has 0 spiro atoms. The Morgan fingerprint density at radius 3 is 1.72 bits per heavy atom. The Kier molecular flexibility index (Phi) is 27.2. The molecule has 2 saturated heterocycles. The number of piperazine rings is 2. The number of anilines is 2. The van der Waals surface area contributed by atoms with Crippen molar-refractivity contribution in [1.29, 1.82) is 0 Å². The average Bonchev–Trinajstić information content (AvgIpc) is 4.06. The van der Waals surface area contributed by atoms with Crippen LogP contribution in [0.1, 0.15) is 22.7 Å². The average molecular weight is 1180 g/mol. The maximum atomic E-state index is 14.6. The fraction of sp³-hybridized carbons (Fsp3) is 0.288. The number of nitrogens with zero attached hydrogens (tertiary/aromatic N) is 11. The Morgan fingerprint density at radius 2 is 1.23 bits per heavy atom. The Labute approximate surface area is 551 Å². The van der Waals surface area contributed by atoms with Gasteiger partial charge in [-0.1, -0.05) is 42.8 Å². The third-order valence-corrected chi connectivity index (χ3v) is 12.9. The van der Waals surface area contributed by atoms with Gasteiger partial charge in [-0.2, -0.15) is 10.2 Å². The van der Waals surface area contributed by atoms with Crippen LogP contribution in [0.25, 0.3) is 44.8 Å². The molecule has 78 heavy (non-hydrogen) atoms. The van der Waals surface area contributed by atoms with Crippen molar-refractivity contribution in [2.75, 3.05) is 69.2 Å². The van der Waals surface area contributed by atoms with Crippen molar-refractivity contribution in [3.05, 3.63) is 131 Å². The van der Waals surface area contributed by atoms with E-state index in [1.807, 2.05) is 84.3 Å². The molecule has 10 rings (SSSR count). The summed E-state index contributed by atoms with van der Waals surface area (Å²) < 4.78 is 40.7. The van der Waals surface area contributed by atoms with E-state index in [1.165, 1.54) is 26.4 Å². The normalized spacial score (nSPS) is 14.6. The van der Waals surface area contributed by atoms with Crippen molar-refractivity contribution >= 4 is 86.5 Å². The number of amides is 2. The summed E-state index contributed by atoms with van der Waals surface area (Å²) in [4.78, 5) is 60.9. The first kappa shape index (κ1) is 66.1. The van der Waals surface area contributed by atoms with Crippen LogP contribution in [0.2, 0.25) is 10.0 Å². The number of halogens is 5. The van der Waals surface area contributed by atoms with Crippen LogP contribution in [0.15, 0.2) is 110 Å². The van der Waals surface area contributed by atoms with E-state index < -0.39 is 11.6 Å². The maximum absolute atomic E-state index is 14.6. The number of pyridine rings is 4. The molecule has 0 radical (unpaired) electrons. The number of benzene rings is 2. The molecule has 2 amide bonds. The van der Waals surface area contributed by atoms with Gasteiger partial charge in [0.1, 0.15) is 41.3 Å². The molecule has 402 valence electrons. The van der Waals surface area contributed by atoms with Gasteiger partial charge in [0.05, 0.1) is 52.7 Å². The van der Waals surface area contributed by atoms with Crippen molar-refractivity contribution in [3.8, 4) is 34.3 Å². The molecule has 0 bridgehead atoms. The zero-order chi connectivity index (χ0) is 53.6. The molecule has 2 fully saturated rings. The zero-order valence-electron chi connectivity index (χ0n) is 43.9. The SMILES string of the molecule is C.COc1cc(N2CCN(C(=O)CCl)[C@@H](C)C2)c(F)cc1Cl.COc1cc(N2CCN(C(=O)Cn3nc(-c4ccccn4)c4cccnc43)[C@@H](C)C2)c(F)cc1Cl.O=CO[O-].[H-].[K+].[K+].c1ccc(-c2[nH]nc3ncccc23)nc1. The minimum Gasteiger partial charge on any atom is -1.00 e. The van der Waals surface area contributed by atoms with Crippen LogP contribution in [-0.4, -0.2) is 139 Å². The number of aromatic amines is 1. The van der Waals surface area contributed by atoms with Gasteiger partial charge in [-0.05, 0) is 74.5 Å². The van der Waals surface area contributed by atoms with Crippen LogP contribution in [0.5, 0.6) is 11.5 Å². The van der Waals surface area contributed by atoms with Gasteiger partial charge in [0.15, 0.2) is 11.3 Å². The Hall–Kier alpha value is -4.45. The molecule has 0 aliphatic carbocycles. The fourth-order valence-corrected chi connectivity index (χ4v) is 9.20. The van der Waals surface area contributed by atoms with Crippen LogP contribution < -0.4 is 127 Å². The largest absolute Gasteiger partial charge is 1.00 e. The van der Waals surface area contributed by atoms with E-state index in [4.69, 9.17) is 54.3 Å². The zero-order valence-corrected chi connectivity index (χ0v) is 51.5. The summed E-state index contributed by atoms with van der Waals surface area (Å²) in [6.45, 7) is 6.73. The third kappa shape index (κ3) is 16.4. The second-order valence-electron chi connectivity index (χ2n) is 16.8. The van der Waals surface area contributed by atoms with Gasteiger partial charge in [-0.25, -0.2) is 23.4 Å². The Morgan fingerprint density at radius 1 is 0.731 bits per heavy atom. The first-order valence-corrected chi connectivity index (χ1v) is 24.5. The molecule has 26 heteroatoms. The number of carbonyl (C=O) groups is 3. The summed E-state index contributed by atoms with van der Waals surface area (Å²) in [5.41, 5.74) is 5.40. The van der Waals surface area contributed by atoms with E-state index in [2.05, 4.69) is 40.1 Å². The number of ether oxygens (including phenoxy) is 2. The number of rotatable bonds is 10. The minimum atomic E-state index is -0.418. The standard InChI is InChI=1S/C25H24ClFN6O2.C14H17Cl2FN2O2.C11H8N4.CH2O3.CH4.2K.H/c1-16-14-31(21-13-22(35-2)18(26)12-19(21)27)10-11-32(16)23(34)15-33-25-17(6-5-9-29-25)24(30-33)20-7-3-4-8-28-20;1-9-8-18(3-4-19(9)14(20)7-15)12-6-13(21-2)10(16)5-11(12)17;1-2-6-12-9(5-1)10-8-4-3-7-13-11(8)15-14-10;2-1-4-3;;;;/h3-9,12-13,16H,10-11,14-15H2,1-2H3;5-6,9H,3-4,7-8H2,1-2H3;1-7H,(H,13,14,15);1,3H;1H4;;;/q;;;;;2*+1;-1/p-1/t16-;9-;;;;;;/m00....../s1. The molecule has 2 atom stereocenters. The van der Waals surface area contributed by atoms with Crippen molar-refractivity contribution in [3.63, 3.8) is 0 Å². The first-order valence-electron chi connectivity index (χ1n) is 23.2. The molecule has 6 aromatic heterocycles. The molecule has 0 saturated carbocycles. The summed E-state index contributed by atoms with van der Waals surface area (Å²) in [6, 6.07) is 24.6. The number of nitrogens with one attached hydrogen (secondary N) is 1. The van der Waals surface area contributed by atoms with E-state index >= 15 is 0 Å². The van der Waals surface area contributed by atoms with Crippen LogP contribution >= 0.6 is 34.8 Å². The van der Waals surface area contributed by atoms with Crippen LogP contribution in [0, 0.1) is 11.6 Å². The number of hydrogen-bond donors (Lipinski definition) is 1. The van der Waals surface area contributed by atoms with E-state index in [0.29, 0.717) is 73.5 Å². The van der Waals surface area contributed by atoms with Gasteiger partial charge in [0.25, 0.3) is 6.47 Å². The predicted molar refractivity (Wildman–Crippen MR) is 286 cm³/mol. The number of carbonyl (C=O) groups excluding carboxylic acids is 3. The quantitative estimate of drug-likeness (QED) is 0.0683. The van der Waals surface area contributed by atoms with Gasteiger partial charge in [0, 0.05) is 99.0 Å². The van der Waals surface area contributed by atoms with Crippen molar-refractivity contribution in [1.82, 2.24) is 49.7 Å². The molecule has 2 aliphatic heterocycles. The predicted octanol–water partition coefficient (Wildman–Crippen LogP) is 2.01. The molecule has 1 N–H and O–H groups in total. The Bertz CT molecular complexity index is 3240. The van der Waals surface area contributed by atoms with Gasteiger partial charge >= 0.3 is 103 Å². The van der Waals surface area contributed by atoms with E-state index in [0.717, 1.165) is 33.5 Å². The van der Waals surface area contributed by atoms with Gasteiger partial charge < -0.3 is 40.6 Å². The molecular weight excluding hydrogens is 1130 g/mol. The van der Waals surface area contributed by atoms with E-state index in [-0.39, 0.29) is 164 Å². The van der Waals surface area contributed by atoms with Crippen LogP contribution in [0.3, 0.4) is 0 Å². The number of hydrogen-bond acceptors (Lipinski definition) is 15. The van der Waals surface area contributed by atoms with Crippen LogP contribution in [-0.2, 0) is 25.8 Å². The topological polar surface area (TPSA) is 213 Å². The third-order valence-electron chi connectivity index (χ3n) is 12.1. The number of aromatic nitrogens is 8. The maximum Gasteiger partial charge on any atom is 1.00 e. The minimum absolute atomic E-state index is 0. The molecule has 8 heterocycles. The smallest absolute Gasteiger partial charge is 1.00 e. The number of H-pyrrole nitrogens is 1. The van der Waals surface area contributed by atoms with Gasteiger partial charge in [-0.3, -0.25) is 29.5 Å². The summed E-state index contributed by atoms with van der Waals surface area (Å²) in [5.74, 6) is -0.181. The monoisotopic (exact) mass is 1180 g/mol. The van der Waals surface area contributed by atoms with Gasteiger partial charge in [0.2, 0.25) is 11.8 Å².